The summed E-state index contributed by atoms with van der Waals surface area (Å²) in [6.45, 7) is 18.2. The summed E-state index contributed by atoms with van der Waals surface area (Å²) in [5.41, 5.74) is 24.8. The predicted octanol–water partition coefficient (Wildman–Crippen LogP) is 3.91. The summed E-state index contributed by atoms with van der Waals surface area (Å²) in [6, 6.07) is 7.59. The average Bonchev–Trinajstić information content (AvgIpc) is 1.62. The number of hydrogen-bond donors (Lipinski definition) is 21. The number of nitrogens with zero attached hydrogens (tertiary/aromatic N) is 4. The number of unbranched alkanes of at least 4 members (excludes halogenated alkanes) is 1. The number of aliphatic hydroxyl groups is 1. The summed E-state index contributed by atoms with van der Waals surface area (Å²) in [7, 11) is 0. The lowest BCUT2D eigenvalue weighted by atomic mass is 10.00. The fraction of sp³-hybridized carbons (Fsp3) is 0.409. The number of H-pyrrole nitrogens is 4. The maximum Gasteiger partial charge on any atom is 0.303 e. The zero-order chi connectivity index (χ0) is 94.4. The second-order valence-corrected chi connectivity index (χ2v) is 33.6. The maximum atomic E-state index is 15.4. The van der Waals surface area contributed by atoms with Crippen LogP contribution < -0.4 is 70.0 Å². The van der Waals surface area contributed by atoms with E-state index in [4.69, 9.17) is 26.8 Å². The minimum atomic E-state index is -1.87. The van der Waals surface area contributed by atoms with Crippen LogP contribution in [0.2, 0.25) is 0 Å². The first kappa shape index (κ1) is 97.0. The molecule has 0 spiro atoms. The number of aliphatic carboxylic acids is 1. The van der Waals surface area contributed by atoms with Gasteiger partial charge in [-0.2, -0.15) is 0 Å². The van der Waals surface area contributed by atoms with Crippen molar-refractivity contribution in [1.29, 1.82) is 5.41 Å². The van der Waals surface area contributed by atoms with Gasteiger partial charge in [0.25, 0.3) is 0 Å². The Bertz CT molecular complexity index is 5770. The van der Waals surface area contributed by atoms with E-state index >= 15 is 14.4 Å². The molecule has 2 saturated heterocycles. The molecule has 23 N–H and O–H groups in total. The monoisotopic (exact) mass is 1800 g/mol. The minimum Gasteiger partial charge on any atom is -0.508 e. The lowest BCUT2D eigenvalue weighted by Gasteiger charge is -2.31. The highest BCUT2D eigenvalue weighted by atomic mass is 16.4. The number of primary amides is 1. The molecule has 8 bridgehead atoms. The Hall–Kier alpha value is -14.6. The number of carbonyl (C=O) groups is 13. The Morgan fingerprint density at radius 2 is 1.23 bits per heavy atom. The number of phenolic OH excluding ortho intramolecular Hbond substituents is 1. The van der Waals surface area contributed by atoms with Gasteiger partial charge in [-0.1, -0.05) is 69.5 Å². The zero-order valence-corrected chi connectivity index (χ0v) is 74.2. The van der Waals surface area contributed by atoms with Crippen LogP contribution >= 0.6 is 0 Å². The van der Waals surface area contributed by atoms with Gasteiger partial charge in [-0.25, -0.2) is 15.0 Å². The molecule has 4 aliphatic heterocycles. The number of carboxylic acid groups (broad SMARTS) is 1. The molecule has 2 aromatic carbocycles. The van der Waals surface area contributed by atoms with Crippen molar-refractivity contribution < 1.29 is 77.6 Å². The van der Waals surface area contributed by atoms with E-state index in [1.807, 2.05) is 52.0 Å². The van der Waals surface area contributed by atoms with Crippen molar-refractivity contribution in [2.45, 2.75) is 205 Å². The average molecular weight is 1800 g/mol. The van der Waals surface area contributed by atoms with Crippen LogP contribution in [0.3, 0.4) is 0 Å². The summed E-state index contributed by atoms with van der Waals surface area (Å²) >= 11 is 0. The van der Waals surface area contributed by atoms with Crippen LogP contribution in [0, 0.1) is 25.2 Å². The van der Waals surface area contributed by atoms with E-state index in [-0.39, 0.29) is 152 Å². The van der Waals surface area contributed by atoms with Gasteiger partial charge in [0.05, 0.1) is 42.3 Å². The number of carbonyl (C=O) groups excluding carboxylic acids is 12. The van der Waals surface area contributed by atoms with Crippen molar-refractivity contribution in [2.75, 3.05) is 32.8 Å². The Morgan fingerprint density at radius 3 is 1.90 bits per heavy atom. The third kappa shape index (κ3) is 25.5. The molecule has 2 fully saturated rings. The standard InChI is InChI=1S/C93H116N22O16/c1-9-57-49(5)66-39-67-51(7)59(72(105-67)42-73-60(27-31-83(121)122)52(8)69(106-73)41-71-58(10-2)50(6)68(104-71)40-70(57)103-66)26-29-81(119)98-32-14-13-19-63(84(123)110-74(35-48(3)4)86(125)109-65(20-15-33-99-93(95)96)92(131)115-34-16-21-79(115)91(130)101-45-80(94)118)108-87(126)75(36-53-22-24-56(117)25-23-53)111-90(129)78(46-116)114-88(127)76(37-54-43-100-62-18-12-11-17-61(54)62)112-89(128)77(38-55-44-97-47-102-55)113-85(124)64-28-30-82(120)107-64/h9-12,17-18,22-25,39-44,47-48,63-65,74-79,100,104-105,116-117H,1-2,13-16,19-21,26-38,45-46H2,3-8H3,(H2,94,118)(H,97,102)(H,98,119)(H,101,130)(H,107,120)(H,108,126)(H,109,125)(H,110,123)(H,111,129)(H,112,128)(H,113,124)(H,114,127)(H,121,122)(H4,95,96,99)/t63-,64+,65+,74+,75+,76+,77+,78+,79+/m1/s1. The molecule has 0 aliphatic carbocycles. The number of aryl methyl sites for hydroxylation is 3. The molecule has 38 heteroatoms. The molecule has 38 nitrogen and oxygen atoms in total. The van der Waals surface area contributed by atoms with Gasteiger partial charge < -0.3 is 110 Å². The van der Waals surface area contributed by atoms with Crippen molar-refractivity contribution in [3.63, 3.8) is 0 Å². The quantitative estimate of drug-likeness (QED) is 0.0146. The van der Waals surface area contributed by atoms with E-state index in [9.17, 15) is 63.3 Å². The second kappa shape index (κ2) is 44.9. The van der Waals surface area contributed by atoms with Crippen molar-refractivity contribution >= 4 is 144 Å². The molecule has 7 aromatic rings. The lowest BCUT2D eigenvalue weighted by Crippen LogP contribution is -2.61. The van der Waals surface area contributed by atoms with Crippen LogP contribution in [0.25, 0.3) is 61.3 Å². The van der Waals surface area contributed by atoms with Crippen molar-refractivity contribution in [3.05, 3.63) is 173 Å². The number of hydrogen-bond acceptors (Lipinski definition) is 19. The molecule has 694 valence electrons. The summed E-state index contributed by atoms with van der Waals surface area (Å²) < 4.78 is 0. The van der Waals surface area contributed by atoms with Gasteiger partial charge in [0, 0.05) is 120 Å². The van der Waals surface area contributed by atoms with Gasteiger partial charge in [0.15, 0.2) is 5.96 Å². The minimum absolute atomic E-state index is 0.0355. The van der Waals surface area contributed by atoms with E-state index in [1.54, 1.807) is 56.5 Å². The van der Waals surface area contributed by atoms with Crippen LogP contribution in [0.15, 0.2) is 111 Å². The molecule has 9 atom stereocenters. The predicted molar refractivity (Wildman–Crippen MR) is 491 cm³/mol. The molecule has 9 heterocycles. The largest absolute Gasteiger partial charge is 0.508 e. The molecule has 5 aromatic heterocycles. The first-order valence-corrected chi connectivity index (χ1v) is 43.8. The number of allylic oxidation sites excluding steroid dienone is 5. The number of imidazole rings is 1. The molecule has 0 saturated carbocycles. The highest BCUT2D eigenvalue weighted by Crippen LogP contribution is 2.38. The smallest absolute Gasteiger partial charge is 0.303 e. The normalized spacial score (nSPS) is 15.8. The summed E-state index contributed by atoms with van der Waals surface area (Å²) in [4.78, 5) is 211. The number of benzene rings is 2. The van der Waals surface area contributed by atoms with E-state index in [1.165, 1.54) is 41.7 Å². The number of aromatic hydroxyl groups is 1. The first-order chi connectivity index (χ1) is 62.7. The van der Waals surface area contributed by atoms with E-state index in [2.05, 4.69) is 96.6 Å². The molecular formula is C93H116N22O16. The van der Waals surface area contributed by atoms with Crippen LogP contribution in [0.5, 0.6) is 5.75 Å². The molecule has 0 radical (unpaired) electrons. The van der Waals surface area contributed by atoms with Crippen molar-refractivity contribution in [2.24, 2.45) is 17.4 Å². The number of phenols is 1. The van der Waals surface area contributed by atoms with Gasteiger partial charge in [-0.15, -0.1) is 0 Å². The van der Waals surface area contributed by atoms with Crippen LogP contribution in [-0.2, 0) is 88.0 Å². The van der Waals surface area contributed by atoms with Gasteiger partial charge in [-0.3, -0.25) is 67.7 Å². The van der Waals surface area contributed by atoms with Crippen LogP contribution in [0.4, 0.5) is 0 Å². The van der Waals surface area contributed by atoms with E-state index in [0.29, 0.717) is 68.0 Å². The number of amides is 12. The highest BCUT2D eigenvalue weighted by molar-refractivity contribution is 6.02. The van der Waals surface area contributed by atoms with Gasteiger partial charge in [0.2, 0.25) is 70.9 Å². The Kier molecular flexibility index (Phi) is 33.3. The molecule has 4 aliphatic rings. The fourth-order valence-electron chi connectivity index (χ4n) is 16.7. The summed E-state index contributed by atoms with van der Waals surface area (Å²) in [6.07, 6.45) is 8.37. The number of aromatic nitrogens is 7. The molecule has 11 rings (SSSR count). The Balaban J connectivity index is 0.868. The third-order valence-electron chi connectivity index (χ3n) is 23.8. The van der Waals surface area contributed by atoms with Gasteiger partial charge >= 0.3 is 5.97 Å². The van der Waals surface area contributed by atoms with Gasteiger partial charge in [0.1, 0.15) is 60.1 Å². The number of rotatable bonds is 44. The fourth-order valence-corrected chi connectivity index (χ4v) is 16.7. The SMILES string of the molecule is C=CC1=C(C)c2cc3[nH]c(cc4nc(cc5[nH]c(cc1n2)c(C)c5C=C)C(C)=C4CCC(=O)O)c(CCC(=O)NCCCC[C@@H](NC(=O)[C@H](Cc1ccc(O)cc1)NC(=O)[C@H](CO)NC(=O)[C@H](Cc1c[nH]c2ccccc12)NC(=O)[C@H](Cc1cnc[nH]1)NC(=O)[C@@H]1CCC(=O)N1)C(=O)N[C@@H](CC(C)C)C(=O)N[C@@H](CCCNC(=N)N)C(=O)N1CCC[C@H]1C(=O)NCC(N)=O)c3C. The summed E-state index contributed by atoms with van der Waals surface area (Å²) in [5, 5.41) is 69.6. The third-order valence-corrected chi connectivity index (χ3v) is 23.8. The number of nitrogens with two attached hydrogens (primary N) is 2. The lowest BCUT2D eigenvalue weighted by molar-refractivity contribution is -0.142. The highest BCUT2D eigenvalue weighted by Gasteiger charge is 2.41. The molecule has 12 amide bonds. The topological polar surface area (TPSA) is 596 Å². The van der Waals surface area contributed by atoms with Crippen LogP contribution in [-0.4, -0.2) is 225 Å². The van der Waals surface area contributed by atoms with Gasteiger partial charge in [-0.05, 0) is 191 Å². The molecule has 131 heavy (non-hydrogen) atoms. The van der Waals surface area contributed by atoms with Crippen molar-refractivity contribution in [1.82, 2.24) is 98.3 Å². The Morgan fingerprint density at radius 1 is 0.618 bits per heavy atom. The number of carboxylic acids is 1. The van der Waals surface area contributed by atoms with Crippen LogP contribution in [0.1, 0.15) is 173 Å². The van der Waals surface area contributed by atoms with Crippen molar-refractivity contribution in [3.8, 4) is 5.75 Å². The molecular weight excluding hydrogens is 1680 g/mol. The number of para-hydroxylation sites is 1. The first-order valence-electron chi connectivity index (χ1n) is 43.8. The van der Waals surface area contributed by atoms with E-state index < -0.39 is 133 Å². The summed E-state index contributed by atoms with van der Waals surface area (Å²) in [5.74, 6) is -11.1. The number of aliphatic hydroxyl groups excluding tert-OH is 1. The molecule has 0 unspecified atom stereocenters. The number of nitrogens with one attached hydrogen (secondary N) is 16. The number of likely N-dealkylation sites (tertiary alicyclic amines) is 1. The zero-order valence-electron chi connectivity index (χ0n) is 74.2. The number of guanidine groups is 1. The van der Waals surface area contributed by atoms with E-state index in [0.717, 1.165) is 55.6 Å². The number of aromatic amines is 4. The second-order valence-electron chi connectivity index (χ2n) is 33.6. The Labute approximate surface area is 755 Å². The maximum absolute atomic E-state index is 15.4. The number of fused-ring (bicyclic) bond motifs is 9.